The van der Waals surface area contributed by atoms with Crippen molar-refractivity contribution in [2.24, 2.45) is 5.41 Å². The van der Waals surface area contributed by atoms with Gasteiger partial charge in [0.1, 0.15) is 24.3 Å². The molecule has 1 saturated heterocycles. The van der Waals surface area contributed by atoms with Gasteiger partial charge >= 0.3 is 5.97 Å². The number of nitriles is 2. The van der Waals surface area contributed by atoms with Crippen LogP contribution in [0.1, 0.15) is 13.8 Å². The van der Waals surface area contributed by atoms with Crippen LogP contribution in [0, 0.1) is 28.1 Å². The maximum Gasteiger partial charge on any atom is 0.336 e. The Morgan fingerprint density at radius 3 is 2.31 bits per heavy atom. The van der Waals surface area contributed by atoms with Crippen LogP contribution in [0.3, 0.4) is 0 Å². The number of allylic oxidation sites excluding steroid dienone is 1. The van der Waals surface area contributed by atoms with E-state index >= 15 is 0 Å². The Balaban J connectivity index is 3.32. The van der Waals surface area contributed by atoms with Gasteiger partial charge in [-0.05, 0) is 0 Å². The first-order valence-electron chi connectivity index (χ1n) is 3.75. The number of hydrogen-bond donors (Lipinski definition) is 0. The van der Waals surface area contributed by atoms with E-state index in [4.69, 9.17) is 15.3 Å². The van der Waals surface area contributed by atoms with Crippen LogP contribution in [0.15, 0.2) is 11.1 Å². The number of rotatable bonds is 0. The smallest absolute Gasteiger partial charge is 0.336 e. The lowest BCUT2D eigenvalue weighted by Crippen LogP contribution is -2.15. The first kappa shape index (κ1) is 9.28. The molecular weight excluding hydrogens is 168 g/mol. The summed E-state index contributed by atoms with van der Waals surface area (Å²) in [6.45, 7) is 3.76. The van der Waals surface area contributed by atoms with Crippen molar-refractivity contribution in [3.05, 3.63) is 11.1 Å². The lowest BCUT2D eigenvalue weighted by Gasteiger charge is -2.13. The van der Waals surface area contributed by atoms with E-state index in [0.29, 0.717) is 0 Å². The summed E-state index contributed by atoms with van der Waals surface area (Å²) < 4.78 is 4.77. The van der Waals surface area contributed by atoms with Crippen LogP contribution in [-0.4, -0.2) is 12.6 Å². The predicted octanol–water partition coefficient (Wildman–Crippen LogP) is 0.913. The molecule has 0 N–H and O–H groups in total. The molecule has 1 fully saturated rings. The van der Waals surface area contributed by atoms with Crippen molar-refractivity contribution < 1.29 is 9.53 Å². The molecule has 4 heteroatoms. The van der Waals surface area contributed by atoms with Crippen LogP contribution in [0.4, 0.5) is 0 Å². The molecule has 0 saturated carbocycles. The van der Waals surface area contributed by atoms with Gasteiger partial charge < -0.3 is 4.74 Å². The monoisotopic (exact) mass is 176 g/mol. The molecule has 66 valence electrons. The zero-order valence-electron chi connectivity index (χ0n) is 7.42. The van der Waals surface area contributed by atoms with Gasteiger partial charge in [-0.3, -0.25) is 0 Å². The molecule has 4 nitrogen and oxygen atoms in total. The summed E-state index contributed by atoms with van der Waals surface area (Å²) >= 11 is 0. The minimum atomic E-state index is -0.553. The summed E-state index contributed by atoms with van der Waals surface area (Å²) in [4.78, 5) is 11.2. The minimum Gasteiger partial charge on any atom is -0.461 e. The van der Waals surface area contributed by atoms with Crippen molar-refractivity contribution >= 4 is 5.97 Å². The number of carbonyl (C=O) groups excluding carboxylic acids is 1. The zero-order valence-corrected chi connectivity index (χ0v) is 7.42. The highest BCUT2D eigenvalue weighted by Crippen LogP contribution is 2.35. The van der Waals surface area contributed by atoms with Gasteiger partial charge in [0.25, 0.3) is 0 Å². The molecular formula is C9H8N2O2. The van der Waals surface area contributed by atoms with E-state index in [1.54, 1.807) is 26.0 Å². The number of cyclic esters (lactones) is 1. The molecule has 1 heterocycles. The van der Waals surface area contributed by atoms with E-state index in [2.05, 4.69) is 0 Å². The molecule has 0 aromatic heterocycles. The molecule has 0 atom stereocenters. The lowest BCUT2D eigenvalue weighted by atomic mass is 9.84. The molecule has 0 aromatic rings. The summed E-state index contributed by atoms with van der Waals surface area (Å²) in [6.07, 6.45) is 0. The number of carbonyl (C=O) groups is 1. The SMILES string of the molecule is CC1(C)COC(=O)C1=C(C#N)C#N. The minimum absolute atomic E-state index is 0.146. The molecule has 0 radical (unpaired) electrons. The third-order valence-corrected chi connectivity index (χ3v) is 1.92. The first-order valence-corrected chi connectivity index (χ1v) is 3.75. The molecule has 1 aliphatic rings. The van der Waals surface area contributed by atoms with Crippen LogP contribution in [-0.2, 0) is 9.53 Å². The van der Waals surface area contributed by atoms with E-state index in [-0.39, 0.29) is 17.8 Å². The van der Waals surface area contributed by atoms with Crippen molar-refractivity contribution in [1.29, 1.82) is 10.5 Å². The van der Waals surface area contributed by atoms with Crippen LogP contribution in [0.2, 0.25) is 0 Å². The van der Waals surface area contributed by atoms with Crippen molar-refractivity contribution in [2.45, 2.75) is 13.8 Å². The topological polar surface area (TPSA) is 73.9 Å². The molecule has 0 bridgehead atoms. The Bertz CT molecular complexity index is 350. The van der Waals surface area contributed by atoms with Crippen molar-refractivity contribution in [1.82, 2.24) is 0 Å². The largest absolute Gasteiger partial charge is 0.461 e. The molecule has 1 rings (SSSR count). The van der Waals surface area contributed by atoms with E-state index in [9.17, 15) is 4.79 Å². The highest BCUT2D eigenvalue weighted by atomic mass is 16.5. The molecule has 1 aliphatic heterocycles. The number of esters is 1. The van der Waals surface area contributed by atoms with E-state index in [1.165, 1.54) is 0 Å². The third kappa shape index (κ3) is 1.39. The molecule has 0 aromatic carbocycles. The fourth-order valence-corrected chi connectivity index (χ4v) is 1.24. The van der Waals surface area contributed by atoms with Gasteiger partial charge in [-0.1, -0.05) is 13.8 Å². The fourth-order valence-electron chi connectivity index (χ4n) is 1.24. The molecule has 0 spiro atoms. The average molecular weight is 176 g/mol. The summed E-state index contributed by atoms with van der Waals surface area (Å²) in [6, 6.07) is 3.39. The standard InChI is InChI=1S/C9H8N2O2/c1-9(2)5-13-8(12)7(9)6(3-10)4-11/h5H2,1-2H3. The summed E-state index contributed by atoms with van der Waals surface area (Å²) in [5.74, 6) is -0.553. The average Bonchev–Trinajstić information content (AvgIpc) is 2.33. The van der Waals surface area contributed by atoms with Gasteiger partial charge in [0.05, 0.1) is 5.57 Å². The van der Waals surface area contributed by atoms with Gasteiger partial charge in [-0.25, -0.2) is 4.79 Å². The Hall–Kier alpha value is -1.81. The Labute approximate surface area is 76.0 Å². The molecule has 13 heavy (non-hydrogen) atoms. The van der Waals surface area contributed by atoms with E-state index in [1.807, 2.05) is 0 Å². The van der Waals surface area contributed by atoms with E-state index < -0.39 is 11.4 Å². The molecule has 0 unspecified atom stereocenters. The highest BCUT2D eigenvalue weighted by molar-refractivity contribution is 5.94. The quantitative estimate of drug-likeness (QED) is 0.312. The number of nitrogens with zero attached hydrogens (tertiary/aromatic N) is 2. The Kier molecular flexibility index (Phi) is 2.08. The summed E-state index contributed by atoms with van der Waals surface area (Å²) in [7, 11) is 0. The number of hydrogen-bond acceptors (Lipinski definition) is 4. The van der Waals surface area contributed by atoms with Crippen molar-refractivity contribution in [3.63, 3.8) is 0 Å². The highest BCUT2D eigenvalue weighted by Gasteiger charge is 2.40. The Morgan fingerprint density at radius 2 is 2.00 bits per heavy atom. The summed E-state index contributed by atoms with van der Waals surface area (Å²) in [5.41, 5.74) is -0.484. The van der Waals surface area contributed by atoms with Gasteiger partial charge in [-0.2, -0.15) is 10.5 Å². The van der Waals surface area contributed by atoms with Crippen molar-refractivity contribution in [3.8, 4) is 12.1 Å². The fraction of sp³-hybridized carbons (Fsp3) is 0.444. The zero-order chi connectivity index (χ0) is 10.1. The second-order valence-electron chi connectivity index (χ2n) is 3.43. The molecule has 0 amide bonds. The van der Waals surface area contributed by atoms with Gasteiger partial charge in [0, 0.05) is 5.41 Å². The van der Waals surface area contributed by atoms with Gasteiger partial charge in [0.2, 0.25) is 0 Å². The van der Waals surface area contributed by atoms with Gasteiger partial charge in [-0.15, -0.1) is 0 Å². The second-order valence-corrected chi connectivity index (χ2v) is 3.43. The summed E-state index contributed by atoms with van der Waals surface area (Å²) in [5, 5.41) is 17.2. The van der Waals surface area contributed by atoms with Crippen molar-refractivity contribution in [2.75, 3.05) is 6.61 Å². The van der Waals surface area contributed by atoms with Crippen LogP contribution < -0.4 is 0 Å². The second kappa shape index (κ2) is 2.91. The van der Waals surface area contributed by atoms with Crippen LogP contribution in [0.5, 0.6) is 0 Å². The maximum absolute atomic E-state index is 11.2. The number of ether oxygens (including phenoxy) is 1. The normalized spacial score (nSPS) is 18.8. The van der Waals surface area contributed by atoms with E-state index in [0.717, 1.165) is 0 Å². The first-order chi connectivity index (χ1) is 6.03. The van der Waals surface area contributed by atoms with Gasteiger partial charge in [0.15, 0.2) is 0 Å². The van der Waals surface area contributed by atoms with Crippen LogP contribution in [0.25, 0.3) is 0 Å². The third-order valence-electron chi connectivity index (χ3n) is 1.92. The molecule has 0 aliphatic carbocycles. The maximum atomic E-state index is 11.2. The predicted molar refractivity (Wildman–Crippen MR) is 43.0 cm³/mol. The van der Waals surface area contributed by atoms with Crippen LogP contribution >= 0.6 is 0 Å². The Morgan fingerprint density at radius 1 is 1.46 bits per heavy atom. The lowest BCUT2D eigenvalue weighted by molar-refractivity contribution is -0.135.